The van der Waals surface area contributed by atoms with Crippen LogP contribution in [0.2, 0.25) is 5.02 Å². The van der Waals surface area contributed by atoms with Gasteiger partial charge in [-0.2, -0.15) is 0 Å². The van der Waals surface area contributed by atoms with E-state index in [0.29, 0.717) is 5.02 Å². The minimum absolute atomic E-state index is 0.126. The van der Waals surface area contributed by atoms with Gasteiger partial charge in [0.15, 0.2) is 6.17 Å². The van der Waals surface area contributed by atoms with Gasteiger partial charge in [0.25, 0.3) is 0 Å². The molecule has 5 heteroatoms. The molecular weight excluding hydrogens is 188 g/mol. The summed E-state index contributed by atoms with van der Waals surface area (Å²) in [5.74, 6) is 0.853. The highest BCUT2D eigenvalue weighted by Gasteiger charge is 2.16. The maximum atomic E-state index is 5.82. The molecule has 1 aliphatic rings. The molecule has 2 N–H and O–H groups in total. The molecule has 0 aromatic carbocycles. The molecule has 1 aromatic heterocycles. The largest absolute Gasteiger partial charge is 0.307 e. The molecule has 0 saturated heterocycles. The molecular formula is C8H9ClN4. The Morgan fingerprint density at radius 3 is 3.00 bits per heavy atom. The summed E-state index contributed by atoms with van der Waals surface area (Å²) >= 11 is 5.82. The zero-order valence-corrected chi connectivity index (χ0v) is 7.84. The van der Waals surface area contributed by atoms with E-state index in [1.165, 1.54) is 0 Å². The van der Waals surface area contributed by atoms with Crippen molar-refractivity contribution < 1.29 is 0 Å². The average molecular weight is 197 g/mol. The van der Waals surface area contributed by atoms with Crippen LogP contribution in [0.4, 0.5) is 0 Å². The molecule has 1 aliphatic heterocycles. The quantitative estimate of drug-likeness (QED) is 0.711. The number of aromatic nitrogens is 1. The van der Waals surface area contributed by atoms with E-state index in [0.717, 1.165) is 11.5 Å². The number of pyridine rings is 1. The van der Waals surface area contributed by atoms with Crippen LogP contribution in [0.15, 0.2) is 23.3 Å². The second kappa shape index (κ2) is 3.32. The topological polar surface area (TPSA) is 49.3 Å². The second-order valence-corrected chi connectivity index (χ2v) is 3.22. The predicted octanol–water partition coefficient (Wildman–Crippen LogP) is 1.26. The van der Waals surface area contributed by atoms with Gasteiger partial charge in [-0.25, -0.2) is 10.4 Å². The molecule has 1 atom stereocenters. The van der Waals surface area contributed by atoms with Gasteiger partial charge in [0.1, 0.15) is 5.84 Å². The van der Waals surface area contributed by atoms with Gasteiger partial charge < -0.3 is 5.43 Å². The maximum absolute atomic E-state index is 5.82. The highest BCUT2D eigenvalue weighted by Crippen LogP contribution is 2.17. The third-order valence-corrected chi connectivity index (χ3v) is 1.97. The van der Waals surface area contributed by atoms with Crippen molar-refractivity contribution in [3.63, 3.8) is 0 Å². The Hall–Kier alpha value is -1.13. The zero-order valence-electron chi connectivity index (χ0n) is 7.08. The molecule has 0 radical (unpaired) electrons. The Labute approximate surface area is 81.0 Å². The van der Waals surface area contributed by atoms with E-state index in [2.05, 4.69) is 20.8 Å². The SMILES string of the molecule is CC1=NC(c2cc(Cl)ccn2)NN1. The van der Waals surface area contributed by atoms with Crippen molar-refractivity contribution in [2.75, 3.05) is 0 Å². The smallest absolute Gasteiger partial charge is 0.160 e. The lowest BCUT2D eigenvalue weighted by Gasteiger charge is -2.05. The van der Waals surface area contributed by atoms with Gasteiger partial charge in [0.05, 0.1) is 5.69 Å². The third kappa shape index (κ3) is 1.79. The lowest BCUT2D eigenvalue weighted by molar-refractivity contribution is 0.561. The maximum Gasteiger partial charge on any atom is 0.160 e. The summed E-state index contributed by atoms with van der Waals surface area (Å²) in [4.78, 5) is 8.44. The highest BCUT2D eigenvalue weighted by atomic mass is 35.5. The van der Waals surface area contributed by atoms with E-state index in [1.54, 1.807) is 18.3 Å². The van der Waals surface area contributed by atoms with Gasteiger partial charge in [0.2, 0.25) is 0 Å². The summed E-state index contributed by atoms with van der Waals surface area (Å²) in [5, 5.41) is 0.673. The fourth-order valence-electron chi connectivity index (χ4n) is 1.14. The first-order valence-electron chi connectivity index (χ1n) is 3.93. The molecule has 1 unspecified atom stereocenters. The van der Waals surface area contributed by atoms with Crippen molar-refractivity contribution in [2.24, 2.45) is 4.99 Å². The Bertz CT molecular complexity index is 350. The Balaban J connectivity index is 2.26. The van der Waals surface area contributed by atoms with Gasteiger partial charge >= 0.3 is 0 Å². The van der Waals surface area contributed by atoms with E-state index >= 15 is 0 Å². The molecule has 0 saturated carbocycles. The molecule has 0 aliphatic carbocycles. The van der Waals surface area contributed by atoms with Crippen molar-refractivity contribution in [1.82, 2.24) is 15.8 Å². The zero-order chi connectivity index (χ0) is 9.26. The van der Waals surface area contributed by atoms with E-state index in [4.69, 9.17) is 11.6 Å². The van der Waals surface area contributed by atoms with Crippen LogP contribution in [0.5, 0.6) is 0 Å². The molecule has 0 spiro atoms. The summed E-state index contributed by atoms with van der Waals surface area (Å²) in [5.41, 5.74) is 6.70. The lowest BCUT2D eigenvalue weighted by atomic mass is 10.3. The van der Waals surface area contributed by atoms with E-state index < -0.39 is 0 Å². The number of nitrogens with zero attached hydrogens (tertiary/aromatic N) is 2. The molecule has 1 aromatic rings. The van der Waals surface area contributed by atoms with Gasteiger partial charge in [-0.3, -0.25) is 4.98 Å². The number of hydrogen-bond donors (Lipinski definition) is 2. The number of amidine groups is 1. The fourth-order valence-corrected chi connectivity index (χ4v) is 1.31. The number of hydrogen-bond acceptors (Lipinski definition) is 4. The lowest BCUT2D eigenvalue weighted by Crippen LogP contribution is -2.30. The summed E-state index contributed by atoms with van der Waals surface area (Å²) < 4.78 is 0. The van der Waals surface area contributed by atoms with Gasteiger partial charge in [-0.15, -0.1) is 0 Å². The number of hydrazine groups is 1. The first-order valence-corrected chi connectivity index (χ1v) is 4.31. The van der Waals surface area contributed by atoms with Gasteiger partial charge in [0, 0.05) is 11.2 Å². The van der Waals surface area contributed by atoms with Crippen molar-refractivity contribution >= 4 is 17.4 Å². The molecule has 0 amide bonds. The standard InChI is InChI=1S/C8H9ClN4/c1-5-11-8(13-12-5)7-4-6(9)2-3-10-7/h2-4,8,13H,1H3,(H,11,12). The van der Waals surface area contributed by atoms with Crippen LogP contribution in [-0.4, -0.2) is 10.8 Å². The van der Waals surface area contributed by atoms with Crippen molar-refractivity contribution in [3.05, 3.63) is 29.0 Å². The molecule has 4 nitrogen and oxygen atoms in total. The van der Waals surface area contributed by atoms with Crippen LogP contribution < -0.4 is 10.9 Å². The van der Waals surface area contributed by atoms with Crippen LogP contribution >= 0.6 is 11.6 Å². The van der Waals surface area contributed by atoms with Crippen LogP contribution in [-0.2, 0) is 0 Å². The Morgan fingerprint density at radius 1 is 1.54 bits per heavy atom. The highest BCUT2D eigenvalue weighted by molar-refractivity contribution is 6.30. The molecule has 68 valence electrons. The van der Waals surface area contributed by atoms with E-state index in [-0.39, 0.29) is 6.17 Å². The average Bonchev–Trinajstić information content (AvgIpc) is 2.52. The minimum Gasteiger partial charge on any atom is -0.307 e. The first-order chi connectivity index (χ1) is 6.25. The van der Waals surface area contributed by atoms with Crippen molar-refractivity contribution in [1.29, 1.82) is 0 Å². The third-order valence-electron chi connectivity index (χ3n) is 1.74. The monoisotopic (exact) mass is 196 g/mol. The summed E-state index contributed by atoms with van der Waals surface area (Å²) in [6.45, 7) is 1.89. The van der Waals surface area contributed by atoms with E-state index in [9.17, 15) is 0 Å². The summed E-state index contributed by atoms with van der Waals surface area (Å²) in [7, 11) is 0. The Morgan fingerprint density at radius 2 is 2.38 bits per heavy atom. The Kier molecular flexibility index (Phi) is 2.16. The van der Waals surface area contributed by atoms with Crippen molar-refractivity contribution in [2.45, 2.75) is 13.1 Å². The van der Waals surface area contributed by atoms with Crippen LogP contribution in [0.3, 0.4) is 0 Å². The molecule has 0 bridgehead atoms. The molecule has 0 fully saturated rings. The molecule has 2 rings (SSSR count). The number of halogens is 1. The van der Waals surface area contributed by atoms with Crippen molar-refractivity contribution in [3.8, 4) is 0 Å². The van der Waals surface area contributed by atoms with Crippen LogP contribution in [0, 0.1) is 0 Å². The second-order valence-electron chi connectivity index (χ2n) is 2.79. The number of rotatable bonds is 1. The molecule has 2 heterocycles. The number of nitrogens with one attached hydrogen (secondary N) is 2. The number of aliphatic imine (C=N–C) groups is 1. The van der Waals surface area contributed by atoms with Gasteiger partial charge in [-0.1, -0.05) is 11.6 Å². The first kappa shape index (κ1) is 8.47. The summed E-state index contributed by atoms with van der Waals surface area (Å²) in [6, 6.07) is 3.53. The fraction of sp³-hybridized carbons (Fsp3) is 0.250. The van der Waals surface area contributed by atoms with Crippen LogP contribution in [0.25, 0.3) is 0 Å². The van der Waals surface area contributed by atoms with Gasteiger partial charge in [-0.05, 0) is 19.1 Å². The summed E-state index contributed by atoms with van der Waals surface area (Å²) in [6.07, 6.45) is 1.54. The van der Waals surface area contributed by atoms with E-state index in [1.807, 2.05) is 6.92 Å². The normalized spacial score (nSPS) is 21.1. The minimum atomic E-state index is -0.126. The predicted molar refractivity (Wildman–Crippen MR) is 51.4 cm³/mol. The van der Waals surface area contributed by atoms with Crippen LogP contribution in [0.1, 0.15) is 18.8 Å². The molecule has 13 heavy (non-hydrogen) atoms.